The predicted octanol–water partition coefficient (Wildman–Crippen LogP) is 6.19. The van der Waals surface area contributed by atoms with Crippen molar-refractivity contribution < 1.29 is 60.4 Å². The number of ether oxygens (including phenoxy) is 5. The second kappa shape index (κ2) is 21.5. The minimum Gasteiger partial charge on any atom is -0.480 e. The van der Waals surface area contributed by atoms with Crippen LogP contribution in [-0.4, -0.2) is 106 Å². The summed E-state index contributed by atoms with van der Waals surface area (Å²) >= 11 is 0. The number of rotatable bonds is 22. The molecule has 0 spiro atoms. The SMILES string of the molecule is CCNc1ccc(C[C@H](NC(=O)O[C@H]2CO[C@H]3OCC[C@H]32)[C@H](O)CN(CC(C)C)S(=O)(=O)c2ccc(OCP(=O)(Oc3ccccc3)O[C@@H](C)C(=O)OC(C)C)cc2)cc1. The van der Waals surface area contributed by atoms with E-state index in [1.54, 1.807) is 44.2 Å². The highest BCUT2D eigenvalue weighted by Gasteiger charge is 2.44. The minimum absolute atomic E-state index is 0.0590. The monoisotopic (exact) mass is 875 g/mol. The summed E-state index contributed by atoms with van der Waals surface area (Å²) in [5, 5.41) is 17.8. The second-order valence-corrected chi connectivity index (χ2v) is 19.2. The van der Waals surface area contributed by atoms with Crippen LogP contribution in [0.2, 0.25) is 0 Å². The van der Waals surface area contributed by atoms with Crippen molar-refractivity contribution in [2.75, 3.05) is 44.5 Å². The van der Waals surface area contributed by atoms with Crippen molar-refractivity contribution in [3.63, 3.8) is 0 Å². The minimum atomic E-state index is -4.22. The van der Waals surface area contributed by atoms with E-state index in [1.165, 1.54) is 35.5 Å². The Labute approximate surface area is 352 Å². The summed E-state index contributed by atoms with van der Waals surface area (Å²) < 4.78 is 82.8. The molecular weight excluding hydrogens is 818 g/mol. The van der Waals surface area contributed by atoms with Crippen LogP contribution in [0.15, 0.2) is 83.8 Å². The zero-order valence-electron chi connectivity index (χ0n) is 34.9. The number of fused-ring (bicyclic) bond motifs is 1. The van der Waals surface area contributed by atoms with Crippen LogP contribution in [0.4, 0.5) is 10.5 Å². The van der Waals surface area contributed by atoms with Gasteiger partial charge in [0.05, 0.1) is 42.3 Å². The molecule has 3 aromatic carbocycles. The van der Waals surface area contributed by atoms with Gasteiger partial charge in [0.2, 0.25) is 16.4 Å². The van der Waals surface area contributed by atoms with Crippen LogP contribution in [-0.2, 0) is 49.3 Å². The van der Waals surface area contributed by atoms with Crippen LogP contribution >= 0.6 is 7.60 Å². The number of nitrogens with one attached hydrogen (secondary N) is 2. The lowest BCUT2D eigenvalue weighted by Crippen LogP contribution is -2.51. The van der Waals surface area contributed by atoms with Crippen LogP contribution in [0.5, 0.6) is 11.5 Å². The maximum Gasteiger partial charge on any atom is 0.417 e. The molecule has 18 heteroatoms. The summed E-state index contributed by atoms with van der Waals surface area (Å²) in [7, 11) is -8.37. The summed E-state index contributed by atoms with van der Waals surface area (Å²) in [4.78, 5) is 25.7. The van der Waals surface area contributed by atoms with Crippen LogP contribution in [0.1, 0.15) is 53.5 Å². The van der Waals surface area contributed by atoms with E-state index in [1.807, 2.05) is 45.0 Å². The molecule has 3 N–H and O–H groups in total. The highest BCUT2D eigenvalue weighted by molar-refractivity contribution is 7.89. The number of hydrogen-bond acceptors (Lipinski definition) is 14. The zero-order chi connectivity index (χ0) is 43.5. The number of aliphatic hydroxyl groups is 1. The molecule has 60 heavy (non-hydrogen) atoms. The first kappa shape index (κ1) is 46.8. The van der Waals surface area contributed by atoms with E-state index in [0.717, 1.165) is 17.8 Å². The van der Waals surface area contributed by atoms with Crippen molar-refractivity contribution in [1.82, 2.24) is 9.62 Å². The Balaban J connectivity index is 1.30. The fraction of sp³-hybridized carbons (Fsp3) is 0.524. The molecule has 2 fully saturated rings. The van der Waals surface area contributed by atoms with Gasteiger partial charge in [0, 0.05) is 25.3 Å². The lowest BCUT2D eigenvalue weighted by Gasteiger charge is -2.31. The van der Waals surface area contributed by atoms with Gasteiger partial charge >= 0.3 is 19.7 Å². The van der Waals surface area contributed by atoms with E-state index in [0.29, 0.717) is 13.0 Å². The number of para-hydroxylation sites is 1. The standard InChI is InChI=1S/C42H58N3O13PS/c1-7-43-32-15-13-31(14-16-32)23-37(44-42(48)56-39-26-53-41-36(39)21-22-52-41)38(46)25-45(24-28(2)3)60(50,51)35-19-17-33(18-20-35)54-27-59(49,58-34-11-9-8-10-12-34)57-30(6)40(47)55-29(4)5/h8-20,28-30,36-39,41,43,46H,7,21-27H2,1-6H3,(H,44,48)/t30-,36-,37-,38+,39-,41+,59?/m0/s1. The van der Waals surface area contributed by atoms with Crippen molar-refractivity contribution in [3.05, 3.63) is 84.4 Å². The first-order chi connectivity index (χ1) is 28.5. The number of aliphatic hydroxyl groups excluding tert-OH is 1. The van der Waals surface area contributed by atoms with E-state index >= 15 is 0 Å². The topological polar surface area (TPSA) is 197 Å². The van der Waals surface area contributed by atoms with E-state index in [-0.39, 0.29) is 54.3 Å². The molecular formula is C42H58N3O13PS. The van der Waals surface area contributed by atoms with Crippen LogP contribution in [0.3, 0.4) is 0 Å². The fourth-order valence-corrected chi connectivity index (χ4v) is 9.82. The molecule has 3 aromatic rings. The van der Waals surface area contributed by atoms with Gasteiger partial charge in [0.15, 0.2) is 12.4 Å². The molecule has 0 saturated carbocycles. The lowest BCUT2D eigenvalue weighted by molar-refractivity contribution is -0.155. The lowest BCUT2D eigenvalue weighted by atomic mass is 10.0. The molecule has 0 aliphatic carbocycles. The second-order valence-electron chi connectivity index (χ2n) is 15.4. The van der Waals surface area contributed by atoms with Crippen LogP contribution in [0.25, 0.3) is 0 Å². The summed E-state index contributed by atoms with van der Waals surface area (Å²) in [5.74, 6) is -0.587. The molecule has 2 saturated heterocycles. The van der Waals surface area contributed by atoms with Crippen molar-refractivity contribution in [3.8, 4) is 11.5 Å². The third-order valence-electron chi connectivity index (χ3n) is 9.60. The Morgan fingerprint density at radius 3 is 2.28 bits per heavy atom. The van der Waals surface area contributed by atoms with E-state index in [9.17, 15) is 27.7 Å². The Kier molecular flexibility index (Phi) is 16.8. The van der Waals surface area contributed by atoms with Crippen LogP contribution in [0, 0.1) is 11.8 Å². The third-order valence-corrected chi connectivity index (χ3v) is 13.0. The van der Waals surface area contributed by atoms with Gasteiger partial charge in [-0.05, 0) is 101 Å². The van der Waals surface area contributed by atoms with Crippen molar-refractivity contribution in [2.45, 2.75) is 96.0 Å². The van der Waals surface area contributed by atoms with E-state index < -0.39 is 72.8 Å². The summed E-state index contributed by atoms with van der Waals surface area (Å²) in [5.41, 5.74) is 1.71. The number of sulfonamides is 1. The normalized spacial score (nSPS) is 20.2. The fourth-order valence-electron chi connectivity index (χ4n) is 6.73. The molecule has 2 aliphatic rings. The van der Waals surface area contributed by atoms with Gasteiger partial charge in [-0.3, -0.25) is 4.52 Å². The molecule has 2 aliphatic heterocycles. The molecule has 2 heterocycles. The number of carbonyl (C=O) groups is 2. The van der Waals surface area contributed by atoms with Gasteiger partial charge in [-0.2, -0.15) is 4.31 Å². The van der Waals surface area contributed by atoms with Gasteiger partial charge in [0.1, 0.15) is 17.6 Å². The highest BCUT2D eigenvalue weighted by Crippen LogP contribution is 2.49. The first-order valence-electron chi connectivity index (χ1n) is 20.2. The van der Waals surface area contributed by atoms with Crippen LogP contribution < -0.4 is 19.9 Å². The van der Waals surface area contributed by atoms with Crippen molar-refractivity contribution in [1.29, 1.82) is 0 Å². The molecule has 1 unspecified atom stereocenters. The number of amides is 1. The Hall–Kier alpha value is -4.22. The van der Waals surface area contributed by atoms with E-state index in [4.69, 9.17) is 32.7 Å². The van der Waals surface area contributed by atoms with Gasteiger partial charge in [-0.25, -0.2) is 22.6 Å². The summed E-state index contributed by atoms with van der Waals surface area (Å²) in [6, 6.07) is 20.3. The molecule has 1 amide bonds. The summed E-state index contributed by atoms with van der Waals surface area (Å²) in [6.45, 7) is 11.6. The van der Waals surface area contributed by atoms with Gasteiger partial charge in [0.25, 0.3) is 0 Å². The highest BCUT2D eigenvalue weighted by atomic mass is 32.2. The number of hydrogen-bond donors (Lipinski definition) is 3. The third kappa shape index (κ3) is 13.4. The molecule has 7 atom stereocenters. The molecule has 0 radical (unpaired) electrons. The number of nitrogens with zero attached hydrogens (tertiary/aromatic N) is 1. The number of esters is 1. The zero-order valence-corrected chi connectivity index (χ0v) is 36.6. The Morgan fingerprint density at radius 1 is 0.933 bits per heavy atom. The number of benzene rings is 3. The number of alkyl carbamates (subject to hydrolysis) is 1. The molecule has 5 rings (SSSR count). The molecule has 0 aromatic heterocycles. The largest absolute Gasteiger partial charge is 0.480 e. The van der Waals surface area contributed by atoms with Gasteiger partial charge in [-0.1, -0.05) is 44.2 Å². The van der Waals surface area contributed by atoms with Crippen molar-refractivity contribution >= 4 is 35.4 Å². The quantitative estimate of drug-likeness (QED) is 0.0763. The van der Waals surface area contributed by atoms with Gasteiger partial charge < -0.3 is 43.9 Å². The smallest absolute Gasteiger partial charge is 0.417 e. The van der Waals surface area contributed by atoms with Gasteiger partial charge in [-0.15, -0.1) is 0 Å². The maximum absolute atomic E-state index is 14.2. The summed E-state index contributed by atoms with van der Waals surface area (Å²) in [6.07, 6.45) is -4.48. The van der Waals surface area contributed by atoms with Crippen molar-refractivity contribution in [2.24, 2.45) is 11.8 Å². The number of carbonyl (C=O) groups excluding carboxylic acids is 2. The average molecular weight is 876 g/mol. The maximum atomic E-state index is 14.2. The van der Waals surface area contributed by atoms with E-state index in [2.05, 4.69) is 10.6 Å². The Bertz CT molecular complexity index is 1990. The molecule has 0 bridgehead atoms. The first-order valence-corrected chi connectivity index (χ1v) is 23.4. The predicted molar refractivity (Wildman–Crippen MR) is 223 cm³/mol. The Morgan fingerprint density at radius 2 is 1.63 bits per heavy atom. The average Bonchev–Trinajstić information content (AvgIpc) is 3.83. The molecule has 330 valence electrons. The molecule has 16 nitrogen and oxygen atoms in total. The number of anilines is 1.